The summed E-state index contributed by atoms with van der Waals surface area (Å²) >= 11 is 1.58. The van der Waals surface area contributed by atoms with E-state index >= 15 is 0 Å². The minimum absolute atomic E-state index is 0.127. The largest absolute Gasteiger partial charge is 0.495 e. The average molecular weight is 367 g/mol. The lowest BCUT2D eigenvalue weighted by Gasteiger charge is -2.24. The van der Waals surface area contributed by atoms with Gasteiger partial charge in [0, 0.05) is 30.7 Å². The molecule has 0 radical (unpaired) electrons. The van der Waals surface area contributed by atoms with Crippen LogP contribution in [0.5, 0.6) is 5.75 Å². The first-order chi connectivity index (χ1) is 11.5. The summed E-state index contributed by atoms with van der Waals surface area (Å²) in [6, 6.07) is 5.27. The third-order valence-corrected chi connectivity index (χ3v) is 6.41. The molecule has 0 bridgehead atoms. The number of thiazole rings is 1. The Morgan fingerprint density at radius 1 is 1.46 bits per heavy atom. The zero-order valence-electron chi connectivity index (χ0n) is 13.7. The van der Waals surface area contributed by atoms with Crippen LogP contribution in [0.3, 0.4) is 0 Å². The predicted octanol–water partition coefficient (Wildman–Crippen LogP) is 2.41. The molecule has 1 saturated heterocycles. The monoisotopic (exact) mass is 367 g/mol. The van der Waals surface area contributed by atoms with Crippen molar-refractivity contribution >= 4 is 26.5 Å². The first-order valence-electron chi connectivity index (χ1n) is 7.82. The molecule has 1 N–H and O–H groups in total. The molecule has 24 heavy (non-hydrogen) atoms. The summed E-state index contributed by atoms with van der Waals surface area (Å²) in [7, 11) is -2.15. The van der Waals surface area contributed by atoms with Gasteiger partial charge in [-0.2, -0.15) is 0 Å². The van der Waals surface area contributed by atoms with Gasteiger partial charge < -0.3 is 9.64 Å². The Labute approximate surface area is 146 Å². The van der Waals surface area contributed by atoms with Crippen LogP contribution in [0.2, 0.25) is 0 Å². The van der Waals surface area contributed by atoms with Crippen LogP contribution in [-0.2, 0) is 10.0 Å². The Morgan fingerprint density at radius 2 is 2.29 bits per heavy atom. The summed E-state index contributed by atoms with van der Waals surface area (Å²) < 4.78 is 33.3. The second-order valence-corrected chi connectivity index (χ2v) is 8.42. The van der Waals surface area contributed by atoms with Crippen molar-refractivity contribution in [1.29, 1.82) is 0 Å². The van der Waals surface area contributed by atoms with E-state index in [-0.39, 0.29) is 10.9 Å². The Kier molecular flexibility index (Phi) is 5.07. The van der Waals surface area contributed by atoms with Gasteiger partial charge in [0.05, 0.1) is 7.11 Å². The summed E-state index contributed by atoms with van der Waals surface area (Å²) in [5.41, 5.74) is 0.876. The molecule has 0 amide bonds. The third kappa shape index (κ3) is 3.55. The number of sulfonamides is 1. The molecule has 1 aromatic carbocycles. The van der Waals surface area contributed by atoms with Crippen LogP contribution in [0.1, 0.15) is 18.4 Å². The number of nitrogens with one attached hydrogen (secondary N) is 1. The number of anilines is 1. The van der Waals surface area contributed by atoms with Gasteiger partial charge in [0.1, 0.15) is 10.6 Å². The zero-order chi connectivity index (χ0) is 17.2. The smallest absolute Gasteiger partial charge is 0.244 e. The standard InChI is InChI=1S/C16H21N3O3S2/c1-12-5-6-14(22-2)15(10-12)24(20,21)18-11-13-4-3-8-19(13)16-17-7-9-23-16/h5-7,9-10,13,18H,3-4,8,11H2,1-2H3. The van der Waals surface area contributed by atoms with E-state index in [0.717, 1.165) is 30.1 Å². The number of nitrogens with zero attached hydrogens (tertiary/aromatic N) is 2. The van der Waals surface area contributed by atoms with Crippen molar-refractivity contribution in [2.75, 3.05) is 25.1 Å². The second-order valence-electron chi connectivity index (χ2n) is 5.81. The van der Waals surface area contributed by atoms with Gasteiger partial charge >= 0.3 is 0 Å². The molecule has 1 fully saturated rings. The van der Waals surface area contributed by atoms with Crippen molar-refractivity contribution in [2.45, 2.75) is 30.7 Å². The van der Waals surface area contributed by atoms with Gasteiger partial charge in [0.2, 0.25) is 10.0 Å². The predicted molar refractivity (Wildman–Crippen MR) is 95.4 cm³/mol. The van der Waals surface area contributed by atoms with Gasteiger partial charge in [-0.25, -0.2) is 18.1 Å². The Bertz CT molecular complexity index is 791. The van der Waals surface area contributed by atoms with Crippen LogP contribution < -0.4 is 14.4 Å². The molecule has 0 spiro atoms. The van der Waals surface area contributed by atoms with Gasteiger partial charge in [-0.3, -0.25) is 0 Å². The van der Waals surface area contributed by atoms with Crippen LogP contribution in [-0.4, -0.2) is 39.6 Å². The molecule has 2 heterocycles. The van der Waals surface area contributed by atoms with Crippen LogP contribution in [0.4, 0.5) is 5.13 Å². The highest BCUT2D eigenvalue weighted by Crippen LogP contribution is 2.28. The molecule has 3 rings (SSSR count). The zero-order valence-corrected chi connectivity index (χ0v) is 15.4. The molecule has 1 unspecified atom stereocenters. The van der Waals surface area contributed by atoms with Gasteiger partial charge in [0.15, 0.2) is 5.13 Å². The highest BCUT2D eigenvalue weighted by molar-refractivity contribution is 7.89. The van der Waals surface area contributed by atoms with Gasteiger partial charge in [0.25, 0.3) is 0 Å². The first-order valence-corrected chi connectivity index (χ1v) is 10.2. The second kappa shape index (κ2) is 7.08. The summed E-state index contributed by atoms with van der Waals surface area (Å²) in [4.78, 5) is 6.70. The number of rotatable bonds is 6. The van der Waals surface area contributed by atoms with E-state index < -0.39 is 10.0 Å². The fraction of sp³-hybridized carbons (Fsp3) is 0.438. The van der Waals surface area contributed by atoms with E-state index in [2.05, 4.69) is 14.6 Å². The number of methoxy groups -OCH3 is 1. The Balaban J connectivity index is 1.75. The third-order valence-electron chi connectivity index (χ3n) is 4.16. The Morgan fingerprint density at radius 3 is 3.00 bits per heavy atom. The molecule has 1 atom stereocenters. The molecule has 0 saturated carbocycles. The van der Waals surface area contributed by atoms with E-state index in [4.69, 9.17) is 4.74 Å². The van der Waals surface area contributed by atoms with E-state index in [1.54, 1.807) is 29.7 Å². The average Bonchev–Trinajstić information content (AvgIpc) is 3.24. The quantitative estimate of drug-likeness (QED) is 0.849. The highest BCUT2D eigenvalue weighted by atomic mass is 32.2. The maximum absolute atomic E-state index is 12.7. The molecule has 8 heteroatoms. The maximum atomic E-state index is 12.7. The van der Waals surface area contributed by atoms with E-state index in [9.17, 15) is 8.42 Å². The topological polar surface area (TPSA) is 71.5 Å². The molecule has 1 aliphatic heterocycles. The molecule has 0 aliphatic carbocycles. The summed E-state index contributed by atoms with van der Waals surface area (Å²) in [5.74, 6) is 0.358. The van der Waals surface area contributed by atoms with Crippen molar-refractivity contribution < 1.29 is 13.2 Å². The summed E-state index contributed by atoms with van der Waals surface area (Å²) in [6.45, 7) is 3.13. The molecule has 2 aromatic rings. The van der Waals surface area contributed by atoms with Crippen LogP contribution in [0.15, 0.2) is 34.7 Å². The minimum Gasteiger partial charge on any atom is -0.495 e. The van der Waals surface area contributed by atoms with Gasteiger partial charge in [-0.15, -0.1) is 11.3 Å². The van der Waals surface area contributed by atoms with Crippen molar-refractivity contribution in [2.24, 2.45) is 0 Å². The SMILES string of the molecule is COc1ccc(C)cc1S(=O)(=O)NCC1CCCN1c1nccs1. The van der Waals surface area contributed by atoms with E-state index in [0.29, 0.717) is 12.3 Å². The van der Waals surface area contributed by atoms with Crippen molar-refractivity contribution in [3.8, 4) is 5.75 Å². The number of aryl methyl sites for hydroxylation is 1. The Hall–Kier alpha value is -1.64. The number of hydrogen-bond donors (Lipinski definition) is 1. The minimum atomic E-state index is -3.62. The van der Waals surface area contributed by atoms with Crippen molar-refractivity contribution in [3.63, 3.8) is 0 Å². The van der Waals surface area contributed by atoms with Gasteiger partial charge in [-0.05, 0) is 37.5 Å². The number of benzene rings is 1. The number of ether oxygens (including phenoxy) is 1. The first kappa shape index (κ1) is 17.2. The van der Waals surface area contributed by atoms with Crippen LogP contribution in [0.25, 0.3) is 0 Å². The van der Waals surface area contributed by atoms with Crippen molar-refractivity contribution in [3.05, 3.63) is 35.3 Å². The highest BCUT2D eigenvalue weighted by Gasteiger charge is 2.28. The van der Waals surface area contributed by atoms with Crippen LogP contribution in [0, 0.1) is 6.92 Å². The molecule has 6 nitrogen and oxygen atoms in total. The fourth-order valence-electron chi connectivity index (χ4n) is 2.94. The summed E-state index contributed by atoms with van der Waals surface area (Å²) in [5, 5.41) is 2.89. The van der Waals surface area contributed by atoms with E-state index in [1.165, 1.54) is 7.11 Å². The molecule has 1 aliphatic rings. The maximum Gasteiger partial charge on any atom is 0.244 e. The van der Waals surface area contributed by atoms with E-state index in [1.807, 2.05) is 18.4 Å². The van der Waals surface area contributed by atoms with Gasteiger partial charge in [-0.1, -0.05) is 6.07 Å². The normalized spacial score (nSPS) is 18.1. The molecular weight excluding hydrogens is 346 g/mol. The lowest BCUT2D eigenvalue weighted by Crippen LogP contribution is -2.40. The molecular formula is C16H21N3O3S2. The molecule has 130 valence electrons. The van der Waals surface area contributed by atoms with Crippen molar-refractivity contribution in [1.82, 2.24) is 9.71 Å². The lowest BCUT2D eigenvalue weighted by atomic mass is 10.2. The number of aromatic nitrogens is 1. The lowest BCUT2D eigenvalue weighted by molar-refractivity contribution is 0.402. The van der Waals surface area contributed by atoms with Crippen LogP contribution >= 0.6 is 11.3 Å². The summed E-state index contributed by atoms with van der Waals surface area (Å²) in [6.07, 6.45) is 3.77. The fourth-order valence-corrected chi connectivity index (χ4v) is 5.00. The molecule has 1 aromatic heterocycles. The number of hydrogen-bond acceptors (Lipinski definition) is 6.